The summed E-state index contributed by atoms with van der Waals surface area (Å²) in [5, 5.41) is 10.0. The minimum atomic E-state index is 1.16. The molecule has 2 aromatic heterocycles. The number of hydrogen-bond acceptors (Lipinski definition) is 0. The summed E-state index contributed by atoms with van der Waals surface area (Å²) in [6.07, 6.45) is 0. The van der Waals surface area contributed by atoms with Crippen LogP contribution in [-0.4, -0.2) is 9.13 Å². The van der Waals surface area contributed by atoms with Gasteiger partial charge in [0.1, 0.15) is 0 Å². The van der Waals surface area contributed by atoms with Gasteiger partial charge in [0, 0.05) is 32.9 Å². The lowest BCUT2D eigenvalue weighted by atomic mass is 9.97. The van der Waals surface area contributed by atoms with Gasteiger partial charge in [-0.2, -0.15) is 0 Å². The van der Waals surface area contributed by atoms with E-state index in [9.17, 15) is 0 Å². The van der Waals surface area contributed by atoms with Crippen LogP contribution in [0.4, 0.5) is 0 Å². The maximum atomic E-state index is 2.47. The van der Waals surface area contributed by atoms with Gasteiger partial charge in [-0.15, -0.1) is 0 Å². The first-order valence-electron chi connectivity index (χ1n) is 17.9. The monoisotopic (exact) mass is 660 g/mol. The molecule has 0 aliphatic rings. The fraction of sp³-hybridized carbons (Fsp3) is 0. The van der Waals surface area contributed by atoms with E-state index in [4.69, 9.17) is 0 Å². The Bertz CT molecular complexity index is 3160. The van der Waals surface area contributed by atoms with Crippen molar-refractivity contribution in [1.29, 1.82) is 0 Å². The molecule has 52 heavy (non-hydrogen) atoms. The molecule has 0 saturated heterocycles. The zero-order chi connectivity index (χ0) is 34.2. The Morgan fingerprint density at radius 2 is 0.808 bits per heavy atom. The highest BCUT2D eigenvalue weighted by molar-refractivity contribution is 6.29. The number of fused-ring (bicyclic) bond motifs is 9. The summed E-state index contributed by atoms with van der Waals surface area (Å²) in [6, 6.07) is 71.0. The standard InChI is InChI=1S/C50H32N2/c1-3-14-33(15-4-1)39-23-13-19-35-26-27-37(31-43(35)39)51-45-24-11-9-21-41(45)49-47(51)28-29-48-50(49)42-22-10-12-25-46(42)52(48)38-30-36-18-7-8-20-40(36)44(32-38)34-16-5-2-6-17-34/h1-32H. The first-order valence-corrected chi connectivity index (χ1v) is 17.9. The van der Waals surface area contributed by atoms with Crippen molar-refractivity contribution >= 4 is 65.2 Å². The van der Waals surface area contributed by atoms with Gasteiger partial charge < -0.3 is 9.13 Å². The van der Waals surface area contributed by atoms with Crippen LogP contribution in [0, 0.1) is 0 Å². The molecule has 0 aliphatic heterocycles. The lowest BCUT2D eigenvalue weighted by molar-refractivity contribution is 1.18. The van der Waals surface area contributed by atoms with Crippen molar-refractivity contribution in [3.63, 3.8) is 0 Å². The van der Waals surface area contributed by atoms with Crippen LogP contribution < -0.4 is 0 Å². The van der Waals surface area contributed by atoms with Crippen molar-refractivity contribution in [2.24, 2.45) is 0 Å². The molecule has 0 atom stereocenters. The molecule has 0 aliphatic carbocycles. The van der Waals surface area contributed by atoms with Crippen LogP contribution in [-0.2, 0) is 0 Å². The molecule has 9 aromatic carbocycles. The van der Waals surface area contributed by atoms with Gasteiger partial charge in [-0.3, -0.25) is 0 Å². The zero-order valence-electron chi connectivity index (χ0n) is 28.4. The van der Waals surface area contributed by atoms with Crippen molar-refractivity contribution in [3.05, 3.63) is 194 Å². The van der Waals surface area contributed by atoms with E-state index in [1.807, 2.05) is 0 Å². The smallest absolute Gasteiger partial charge is 0.0548 e. The molecule has 2 heteroatoms. The first kappa shape index (κ1) is 28.9. The normalized spacial score (nSPS) is 11.8. The van der Waals surface area contributed by atoms with E-state index in [1.54, 1.807) is 0 Å². The molecular weight excluding hydrogens is 629 g/mol. The third-order valence-corrected chi connectivity index (χ3v) is 10.9. The molecule has 2 nitrogen and oxygen atoms in total. The fourth-order valence-electron chi connectivity index (χ4n) is 8.62. The average molecular weight is 661 g/mol. The van der Waals surface area contributed by atoms with Crippen LogP contribution in [0.3, 0.4) is 0 Å². The van der Waals surface area contributed by atoms with Crippen molar-refractivity contribution < 1.29 is 0 Å². The van der Waals surface area contributed by atoms with Crippen molar-refractivity contribution in [1.82, 2.24) is 9.13 Å². The van der Waals surface area contributed by atoms with E-state index in [-0.39, 0.29) is 0 Å². The highest BCUT2D eigenvalue weighted by Gasteiger charge is 2.21. The summed E-state index contributed by atoms with van der Waals surface area (Å²) in [4.78, 5) is 0. The van der Waals surface area contributed by atoms with Gasteiger partial charge in [0.05, 0.1) is 22.1 Å². The van der Waals surface area contributed by atoms with Gasteiger partial charge in [-0.05, 0) is 92.3 Å². The zero-order valence-corrected chi connectivity index (χ0v) is 28.4. The van der Waals surface area contributed by atoms with Gasteiger partial charge in [0.2, 0.25) is 0 Å². The summed E-state index contributed by atoms with van der Waals surface area (Å²) < 4.78 is 4.93. The van der Waals surface area contributed by atoms with E-state index in [1.165, 1.54) is 87.4 Å². The van der Waals surface area contributed by atoms with Crippen LogP contribution in [0.25, 0.3) is 98.8 Å². The molecule has 0 N–H and O–H groups in total. The van der Waals surface area contributed by atoms with Crippen LogP contribution >= 0.6 is 0 Å². The molecule has 0 amide bonds. The van der Waals surface area contributed by atoms with E-state index in [0.29, 0.717) is 0 Å². The highest BCUT2D eigenvalue weighted by atomic mass is 15.0. The highest BCUT2D eigenvalue weighted by Crippen LogP contribution is 2.44. The third-order valence-electron chi connectivity index (χ3n) is 10.9. The Kier molecular flexibility index (Phi) is 6.28. The molecule has 0 fully saturated rings. The van der Waals surface area contributed by atoms with Gasteiger partial charge >= 0.3 is 0 Å². The lowest BCUT2D eigenvalue weighted by Gasteiger charge is -2.14. The number of nitrogens with zero attached hydrogens (tertiary/aromatic N) is 2. The average Bonchev–Trinajstić information content (AvgIpc) is 3.73. The van der Waals surface area contributed by atoms with E-state index in [0.717, 1.165) is 11.4 Å². The molecular formula is C50H32N2. The van der Waals surface area contributed by atoms with Gasteiger partial charge in [-0.1, -0.05) is 146 Å². The largest absolute Gasteiger partial charge is 0.309 e. The maximum Gasteiger partial charge on any atom is 0.0548 e. The summed E-state index contributed by atoms with van der Waals surface area (Å²) in [5.74, 6) is 0. The molecule has 0 radical (unpaired) electrons. The molecule has 0 spiro atoms. The lowest BCUT2D eigenvalue weighted by Crippen LogP contribution is -1.96. The van der Waals surface area contributed by atoms with E-state index < -0.39 is 0 Å². The first-order chi connectivity index (χ1) is 25.8. The Morgan fingerprint density at radius 1 is 0.269 bits per heavy atom. The molecule has 242 valence electrons. The number of benzene rings is 9. The molecule has 11 aromatic rings. The minimum absolute atomic E-state index is 1.16. The number of aromatic nitrogens is 2. The predicted octanol–water partition coefficient (Wildman–Crippen LogP) is 13.5. The molecule has 0 bridgehead atoms. The van der Waals surface area contributed by atoms with Crippen molar-refractivity contribution in [3.8, 4) is 33.6 Å². The minimum Gasteiger partial charge on any atom is -0.309 e. The Labute approximate surface area is 301 Å². The molecule has 0 saturated carbocycles. The van der Waals surface area contributed by atoms with E-state index >= 15 is 0 Å². The fourth-order valence-corrected chi connectivity index (χ4v) is 8.62. The van der Waals surface area contributed by atoms with Crippen LogP contribution in [0.1, 0.15) is 0 Å². The van der Waals surface area contributed by atoms with E-state index in [2.05, 4.69) is 203 Å². The predicted molar refractivity (Wildman–Crippen MR) is 221 cm³/mol. The maximum absolute atomic E-state index is 2.47. The second kappa shape index (κ2) is 11.3. The number of hydrogen-bond donors (Lipinski definition) is 0. The Hall–Kier alpha value is -6.90. The Balaban J connectivity index is 1.22. The van der Waals surface area contributed by atoms with Crippen molar-refractivity contribution in [2.75, 3.05) is 0 Å². The van der Waals surface area contributed by atoms with Crippen molar-refractivity contribution in [2.45, 2.75) is 0 Å². The van der Waals surface area contributed by atoms with Crippen LogP contribution in [0.15, 0.2) is 194 Å². The summed E-state index contributed by atoms with van der Waals surface area (Å²) in [5.41, 5.74) is 12.1. The number of rotatable bonds is 4. The van der Waals surface area contributed by atoms with Gasteiger partial charge in [0.15, 0.2) is 0 Å². The summed E-state index contributed by atoms with van der Waals surface area (Å²) >= 11 is 0. The molecule has 0 unspecified atom stereocenters. The quantitative estimate of drug-likeness (QED) is 0.178. The topological polar surface area (TPSA) is 9.86 Å². The Morgan fingerprint density at radius 3 is 1.48 bits per heavy atom. The number of para-hydroxylation sites is 2. The van der Waals surface area contributed by atoms with Gasteiger partial charge in [0.25, 0.3) is 0 Å². The van der Waals surface area contributed by atoms with Crippen LogP contribution in [0.2, 0.25) is 0 Å². The second-order valence-electron chi connectivity index (χ2n) is 13.7. The molecule has 11 rings (SSSR count). The van der Waals surface area contributed by atoms with Gasteiger partial charge in [-0.25, -0.2) is 0 Å². The second-order valence-corrected chi connectivity index (χ2v) is 13.7. The summed E-state index contributed by atoms with van der Waals surface area (Å²) in [7, 11) is 0. The molecule has 2 heterocycles. The SMILES string of the molecule is c1ccc(-c2cc(-n3c4ccccc4c4c5c6ccccc6n(-c6ccc7cccc(-c8ccccc8)c7c6)c5ccc43)cc3ccccc23)cc1. The summed E-state index contributed by atoms with van der Waals surface area (Å²) in [6.45, 7) is 0. The third kappa shape index (κ3) is 4.25. The van der Waals surface area contributed by atoms with Crippen LogP contribution in [0.5, 0.6) is 0 Å².